The molecule has 0 amide bonds. The highest BCUT2D eigenvalue weighted by Crippen LogP contribution is 2.01. The molecule has 0 heterocycles. The zero-order valence-electron chi connectivity index (χ0n) is 6.60. The lowest BCUT2D eigenvalue weighted by atomic mass is 10.1. The van der Waals surface area contributed by atoms with E-state index in [1.165, 1.54) is 6.42 Å². The predicted octanol–water partition coefficient (Wildman–Crippen LogP) is 2.62. The lowest BCUT2D eigenvalue weighted by Crippen LogP contribution is -1.77. The van der Waals surface area contributed by atoms with Crippen molar-refractivity contribution in [1.82, 2.24) is 0 Å². The summed E-state index contributed by atoms with van der Waals surface area (Å²) in [5.74, 6) is 0. The van der Waals surface area contributed by atoms with Crippen LogP contribution in [0.4, 0.5) is 0 Å². The van der Waals surface area contributed by atoms with Gasteiger partial charge in [0.2, 0.25) is 0 Å². The topological polar surface area (TPSA) is 17.1 Å². The first-order chi connectivity index (χ1) is 4.91. The van der Waals surface area contributed by atoms with Gasteiger partial charge in [0.15, 0.2) is 6.29 Å². The highest BCUT2D eigenvalue weighted by Gasteiger charge is 1.85. The minimum Gasteiger partial charge on any atom is -0.291 e. The lowest BCUT2D eigenvalue weighted by Gasteiger charge is -1.91. The van der Waals surface area contributed by atoms with Crippen LogP contribution in [0, 0.1) is 0 Å². The fraction of sp³-hybridized carbons (Fsp3) is 0.667. The van der Waals surface area contributed by atoms with Crippen LogP contribution in [0.3, 0.4) is 0 Å². The molecule has 0 fully saturated rings. The van der Waals surface area contributed by atoms with Crippen LogP contribution in [0.2, 0.25) is 0 Å². The quantitative estimate of drug-likeness (QED) is 0.408. The molecule has 0 aliphatic heterocycles. The van der Waals surface area contributed by atoms with E-state index in [2.05, 4.69) is 12.2 Å². The van der Waals surface area contributed by atoms with Crippen LogP contribution in [0.1, 0.15) is 39.0 Å². The summed E-state index contributed by atoms with van der Waals surface area (Å²) in [6.45, 7) is 2.03. The van der Waals surface area contributed by atoms with Gasteiger partial charge in [-0.3, -0.25) is 4.79 Å². The van der Waals surface area contributed by atoms with Crippen molar-refractivity contribution in [1.29, 1.82) is 0 Å². The van der Waals surface area contributed by atoms with E-state index in [1.54, 1.807) is 0 Å². The van der Waals surface area contributed by atoms with Crippen molar-refractivity contribution in [3.63, 3.8) is 0 Å². The lowest BCUT2D eigenvalue weighted by molar-refractivity contribution is 0.545. The summed E-state index contributed by atoms with van der Waals surface area (Å²) in [6, 6.07) is 0. The van der Waals surface area contributed by atoms with E-state index >= 15 is 0 Å². The third-order valence-electron chi connectivity index (χ3n) is 1.39. The van der Waals surface area contributed by atoms with Gasteiger partial charge in [-0.25, -0.2) is 0 Å². The second-order valence-corrected chi connectivity index (χ2v) is 2.31. The van der Waals surface area contributed by atoms with E-state index in [9.17, 15) is 4.79 Å². The Bertz CT molecular complexity index is 94.9. The Hall–Kier alpha value is -0.590. The molecular formula is C9H15O. The van der Waals surface area contributed by atoms with Crippen molar-refractivity contribution < 1.29 is 4.79 Å². The molecule has 0 rings (SSSR count). The summed E-state index contributed by atoms with van der Waals surface area (Å²) in [5, 5.41) is 0. The van der Waals surface area contributed by atoms with E-state index in [4.69, 9.17) is 0 Å². The number of unbranched alkanes of at least 4 members (excludes halogenated alkanes) is 4. The summed E-state index contributed by atoms with van der Waals surface area (Å²) >= 11 is 0. The van der Waals surface area contributed by atoms with E-state index in [1.807, 2.05) is 13.2 Å². The number of rotatable bonds is 6. The molecule has 0 aliphatic rings. The molecule has 0 N–H and O–H groups in total. The minimum atomic E-state index is 0.607. The summed E-state index contributed by atoms with van der Waals surface area (Å²) in [5.41, 5.74) is 0. The molecule has 0 atom stereocenters. The molecule has 0 bridgehead atoms. The van der Waals surface area contributed by atoms with Crippen molar-refractivity contribution >= 4 is 6.29 Å². The van der Waals surface area contributed by atoms with Gasteiger partial charge < -0.3 is 0 Å². The number of hydrogen-bond acceptors (Lipinski definition) is 1. The van der Waals surface area contributed by atoms with Crippen LogP contribution in [0.25, 0.3) is 0 Å². The van der Waals surface area contributed by atoms with Gasteiger partial charge in [0.25, 0.3) is 0 Å². The summed E-state index contributed by atoms with van der Waals surface area (Å²) in [6.07, 6.45) is 11.2. The van der Waals surface area contributed by atoms with Crippen LogP contribution in [-0.4, -0.2) is 6.29 Å². The SMILES string of the molecule is CC=CCCCCC[C]=O. The minimum absolute atomic E-state index is 0.607. The first kappa shape index (κ1) is 9.41. The molecule has 0 unspecified atom stereocenters. The average Bonchev–Trinajstić information content (AvgIpc) is 1.97. The van der Waals surface area contributed by atoms with E-state index in [0.29, 0.717) is 6.42 Å². The second kappa shape index (κ2) is 8.41. The van der Waals surface area contributed by atoms with Crippen LogP contribution < -0.4 is 0 Å². The molecule has 0 aromatic rings. The Kier molecular flexibility index (Phi) is 7.91. The van der Waals surface area contributed by atoms with Crippen LogP contribution in [0.5, 0.6) is 0 Å². The van der Waals surface area contributed by atoms with Crippen LogP contribution in [0.15, 0.2) is 12.2 Å². The monoisotopic (exact) mass is 139 g/mol. The molecule has 0 aromatic heterocycles. The standard InChI is InChI=1S/C9H15O/c1-2-3-4-5-6-7-8-9-10/h2-3H,4-8H2,1H3. The molecular weight excluding hydrogens is 124 g/mol. The van der Waals surface area contributed by atoms with E-state index in [-0.39, 0.29) is 0 Å². The zero-order chi connectivity index (χ0) is 7.66. The van der Waals surface area contributed by atoms with Crippen molar-refractivity contribution in [2.75, 3.05) is 0 Å². The Labute approximate surface area is 63.1 Å². The first-order valence-electron chi connectivity index (χ1n) is 3.88. The Morgan fingerprint density at radius 3 is 2.70 bits per heavy atom. The molecule has 10 heavy (non-hydrogen) atoms. The normalized spacial score (nSPS) is 10.5. The molecule has 1 radical (unpaired) electrons. The molecule has 0 saturated carbocycles. The van der Waals surface area contributed by atoms with Gasteiger partial charge in [0, 0.05) is 6.42 Å². The van der Waals surface area contributed by atoms with E-state index < -0.39 is 0 Å². The maximum Gasteiger partial charge on any atom is 0.198 e. The molecule has 0 saturated heterocycles. The highest BCUT2D eigenvalue weighted by molar-refractivity contribution is 5.50. The Morgan fingerprint density at radius 1 is 1.30 bits per heavy atom. The average molecular weight is 139 g/mol. The van der Waals surface area contributed by atoms with Crippen molar-refractivity contribution in [3.05, 3.63) is 12.2 Å². The fourth-order valence-corrected chi connectivity index (χ4v) is 0.803. The van der Waals surface area contributed by atoms with Gasteiger partial charge in [0.1, 0.15) is 0 Å². The first-order valence-corrected chi connectivity index (χ1v) is 3.88. The van der Waals surface area contributed by atoms with Gasteiger partial charge >= 0.3 is 0 Å². The van der Waals surface area contributed by atoms with Crippen molar-refractivity contribution in [2.24, 2.45) is 0 Å². The van der Waals surface area contributed by atoms with Crippen molar-refractivity contribution in [2.45, 2.75) is 39.0 Å². The molecule has 0 aliphatic carbocycles. The molecule has 1 heteroatoms. The molecule has 0 aromatic carbocycles. The summed E-state index contributed by atoms with van der Waals surface area (Å²) < 4.78 is 0. The summed E-state index contributed by atoms with van der Waals surface area (Å²) in [7, 11) is 0. The second-order valence-electron chi connectivity index (χ2n) is 2.31. The number of hydrogen-bond donors (Lipinski definition) is 0. The zero-order valence-corrected chi connectivity index (χ0v) is 6.60. The molecule has 1 nitrogen and oxygen atoms in total. The highest BCUT2D eigenvalue weighted by atomic mass is 16.1. The third-order valence-corrected chi connectivity index (χ3v) is 1.39. The predicted molar refractivity (Wildman–Crippen MR) is 43.6 cm³/mol. The van der Waals surface area contributed by atoms with Crippen molar-refractivity contribution in [3.8, 4) is 0 Å². The summed E-state index contributed by atoms with van der Waals surface area (Å²) in [4.78, 5) is 9.75. The van der Waals surface area contributed by atoms with Crippen LogP contribution in [-0.2, 0) is 4.79 Å². The van der Waals surface area contributed by atoms with Crippen LogP contribution >= 0.6 is 0 Å². The van der Waals surface area contributed by atoms with E-state index in [0.717, 1.165) is 19.3 Å². The Balaban J connectivity index is 2.83. The molecule has 0 spiro atoms. The van der Waals surface area contributed by atoms with Gasteiger partial charge in [-0.15, -0.1) is 0 Å². The largest absolute Gasteiger partial charge is 0.291 e. The van der Waals surface area contributed by atoms with Gasteiger partial charge in [-0.2, -0.15) is 0 Å². The van der Waals surface area contributed by atoms with Gasteiger partial charge in [-0.1, -0.05) is 18.6 Å². The fourth-order valence-electron chi connectivity index (χ4n) is 0.803. The van der Waals surface area contributed by atoms with Gasteiger partial charge in [-0.05, 0) is 26.2 Å². The maximum atomic E-state index is 9.75. The smallest absolute Gasteiger partial charge is 0.198 e. The maximum absolute atomic E-state index is 9.75. The third kappa shape index (κ3) is 7.41. The number of allylic oxidation sites excluding steroid dienone is 2. The number of carbonyl (C=O) groups excluding carboxylic acids is 1. The Morgan fingerprint density at radius 2 is 2.10 bits per heavy atom. The van der Waals surface area contributed by atoms with Gasteiger partial charge in [0.05, 0.1) is 0 Å². The molecule has 57 valence electrons.